The van der Waals surface area contributed by atoms with E-state index in [2.05, 4.69) is 26.1 Å². The molecule has 1 atom stereocenters. The summed E-state index contributed by atoms with van der Waals surface area (Å²) in [5, 5.41) is 3.33. The van der Waals surface area contributed by atoms with E-state index in [9.17, 15) is 8.42 Å². The van der Waals surface area contributed by atoms with Gasteiger partial charge in [-0.2, -0.15) is 0 Å². The second kappa shape index (κ2) is 6.94. The molecule has 0 fully saturated rings. The van der Waals surface area contributed by atoms with Gasteiger partial charge < -0.3 is 5.32 Å². The molecular weight excluding hydrogens is 258 g/mol. The lowest BCUT2D eigenvalue weighted by molar-refractivity contribution is 0.539. The highest BCUT2D eigenvalue weighted by atomic mass is 32.2. The molecule has 0 amide bonds. The maximum Gasteiger partial charge on any atom is 0.180 e. The summed E-state index contributed by atoms with van der Waals surface area (Å²) in [6.07, 6.45) is 1.65. The molecule has 0 bridgehead atoms. The second-order valence-electron chi connectivity index (χ2n) is 5.49. The predicted octanol–water partition coefficient (Wildman–Crippen LogP) is 3.72. The van der Waals surface area contributed by atoms with Crippen LogP contribution in [0.15, 0.2) is 29.2 Å². The van der Waals surface area contributed by atoms with Crippen LogP contribution in [0.2, 0.25) is 0 Å². The first kappa shape index (κ1) is 16.0. The molecule has 0 aliphatic heterocycles. The molecule has 108 valence electrons. The number of para-hydroxylation sites is 1. The van der Waals surface area contributed by atoms with E-state index >= 15 is 0 Å². The molecule has 0 aliphatic carbocycles. The zero-order valence-corrected chi connectivity index (χ0v) is 13.1. The Balaban J connectivity index is 2.97. The third-order valence-corrected chi connectivity index (χ3v) is 4.89. The van der Waals surface area contributed by atoms with Crippen molar-refractivity contribution in [2.75, 3.05) is 11.1 Å². The fourth-order valence-electron chi connectivity index (χ4n) is 2.27. The molecule has 0 spiro atoms. The lowest BCUT2D eigenvalue weighted by atomic mass is 10.1. The van der Waals surface area contributed by atoms with Crippen LogP contribution >= 0.6 is 0 Å². The van der Waals surface area contributed by atoms with Gasteiger partial charge in [-0.25, -0.2) is 8.42 Å². The standard InChI is InChI=1S/C15H25NO2S/c1-5-10-19(17,18)15-9-7-6-8-14(15)16-13(4)11-12(2)3/h6-9,12-13,16H,5,10-11H2,1-4H3. The topological polar surface area (TPSA) is 46.2 Å². The average molecular weight is 283 g/mol. The van der Waals surface area contributed by atoms with Gasteiger partial charge in [0, 0.05) is 6.04 Å². The van der Waals surface area contributed by atoms with Gasteiger partial charge >= 0.3 is 0 Å². The van der Waals surface area contributed by atoms with Gasteiger partial charge in [0.1, 0.15) is 0 Å². The van der Waals surface area contributed by atoms with E-state index in [0.29, 0.717) is 17.2 Å². The zero-order chi connectivity index (χ0) is 14.5. The predicted molar refractivity (Wildman–Crippen MR) is 81.3 cm³/mol. The first-order valence-electron chi connectivity index (χ1n) is 6.95. The molecule has 1 N–H and O–H groups in total. The van der Waals surface area contributed by atoms with Crippen molar-refractivity contribution in [1.82, 2.24) is 0 Å². The molecule has 1 aromatic rings. The molecule has 0 heterocycles. The number of sulfone groups is 1. The Labute approximate surface area is 117 Å². The number of hydrogen-bond acceptors (Lipinski definition) is 3. The summed E-state index contributed by atoms with van der Waals surface area (Å²) in [7, 11) is -3.18. The highest BCUT2D eigenvalue weighted by molar-refractivity contribution is 7.91. The monoisotopic (exact) mass is 283 g/mol. The average Bonchev–Trinajstić information content (AvgIpc) is 2.28. The summed E-state index contributed by atoms with van der Waals surface area (Å²) in [5.74, 6) is 0.784. The largest absolute Gasteiger partial charge is 0.382 e. The minimum atomic E-state index is -3.18. The number of benzene rings is 1. The van der Waals surface area contributed by atoms with Crippen LogP contribution in [0, 0.1) is 5.92 Å². The number of nitrogens with one attached hydrogen (secondary N) is 1. The van der Waals surface area contributed by atoms with Crippen LogP contribution in [0.4, 0.5) is 5.69 Å². The minimum absolute atomic E-state index is 0.199. The van der Waals surface area contributed by atoms with E-state index in [0.717, 1.165) is 12.1 Å². The van der Waals surface area contributed by atoms with Crippen LogP contribution in [0.25, 0.3) is 0 Å². The van der Waals surface area contributed by atoms with Crippen LogP contribution in [0.3, 0.4) is 0 Å². The van der Waals surface area contributed by atoms with Crippen molar-refractivity contribution in [2.24, 2.45) is 5.92 Å². The fourth-order valence-corrected chi connectivity index (χ4v) is 3.77. The minimum Gasteiger partial charge on any atom is -0.382 e. The first-order chi connectivity index (χ1) is 8.86. The number of hydrogen-bond donors (Lipinski definition) is 1. The lowest BCUT2D eigenvalue weighted by Gasteiger charge is -2.19. The first-order valence-corrected chi connectivity index (χ1v) is 8.60. The quantitative estimate of drug-likeness (QED) is 0.829. The van der Waals surface area contributed by atoms with Crippen molar-refractivity contribution in [3.8, 4) is 0 Å². The molecule has 0 saturated carbocycles. The maximum atomic E-state index is 12.2. The van der Waals surface area contributed by atoms with E-state index in [4.69, 9.17) is 0 Å². The Morgan fingerprint density at radius 1 is 1.16 bits per heavy atom. The van der Waals surface area contributed by atoms with E-state index in [1.807, 2.05) is 19.1 Å². The maximum absolute atomic E-state index is 12.2. The molecule has 4 heteroatoms. The van der Waals surface area contributed by atoms with E-state index in [1.54, 1.807) is 12.1 Å². The van der Waals surface area contributed by atoms with E-state index < -0.39 is 9.84 Å². The summed E-state index contributed by atoms with van der Waals surface area (Å²) < 4.78 is 24.4. The van der Waals surface area contributed by atoms with Crippen molar-refractivity contribution in [1.29, 1.82) is 0 Å². The van der Waals surface area contributed by atoms with Crippen molar-refractivity contribution < 1.29 is 8.42 Å². The summed E-state index contributed by atoms with van der Waals surface area (Å²) >= 11 is 0. The van der Waals surface area contributed by atoms with Gasteiger partial charge in [0.2, 0.25) is 0 Å². The van der Waals surface area contributed by atoms with Gasteiger partial charge in [0.05, 0.1) is 16.3 Å². The Morgan fingerprint density at radius 3 is 2.37 bits per heavy atom. The molecule has 0 aliphatic rings. The molecular formula is C15H25NO2S. The van der Waals surface area contributed by atoms with Gasteiger partial charge in [-0.05, 0) is 37.8 Å². The van der Waals surface area contributed by atoms with Crippen molar-refractivity contribution >= 4 is 15.5 Å². The van der Waals surface area contributed by atoms with E-state index in [-0.39, 0.29) is 11.8 Å². The summed E-state index contributed by atoms with van der Waals surface area (Å²) in [6.45, 7) is 8.30. The smallest absolute Gasteiger partial charge is 0.180 e. The van der Waals surface area contributed by atoms with Gasteiger partial charge in [-0.15, -0.1) is 0 Å². The molecule has 0 radical (unpaired) electrons. The summed E-state index contributed by atoms with van der Waals surface area (Å²) in [6, 6.07) is 7.45. The lowest BCUT2D eigenvalue weighted by Crippen LogP contribution is -2.19. The molecule has 0 saturated heterocycles. The Hall–Kier alpha value is -1.03. The van der Waals surface area contributed by atoms with Crippen LogP contribution in [-0.2, 0) is 9.84 Å². The highest BCUT2D eigenvalue weighted by Crippen LogP contribution is 2.24. The number of anilines is 1. The fraction of sp³-hybridized carbons (Fsp3) is 0.600. The molecule has 1 unspecified atom stereocenters. The van der Waals surface area contributed by atoms with Crippen LogP contribution in [0.1, 0.15) is 40.5 Å². The molecule has 19 heavy (non-hydrogen) atoms. The van der Waals surface area contributed by atoms with Crippen molar-refractivity contribution in [2.45, 2.75) is 51.5 Å². The second-order valence-corrected chi connectivity index (χ2v) is 7.57. The third-order valence-electron chi connectivity index (χ3n) is 2.92. The SMILES string of the molecule is CCCS(=O)(=O)c1ccccc1NC(C)CC(C)C. The highest BCUT2D eigenvalue weighted by Gasteiger charge is 2.18. The van der Waals surface area contributed by atoms with Crippen LogP contribution in [0.5, 0.6) is 0 Å². The van der Waals surface area contributed by atoms with Gasteiger partial charge in [-0.3, -0.25) is 0 Å². The Bertz CT molecular complexity index is 495. The van der Waals surface area contributed by atoms with Crippen LogP contribution in [-0.4, -0.2) is 20.2 Å². The van der Waals surface area contributed by atoms with Gasteiger partial charge in [0.15, 0.2) is 9.84 Å². The Kier molecular flexibility index (Phi) is 5.85. The van der Waals surface area contributed by atoms with E-state index in [1.165, 1.54) is 0 Å². The molecule has 1 rings (SSSR count). The molecule has 1 aromatic carbocycles. The van der Waals surface area contributed by atoms with Crippen molar-refractivity contribution in [3.63, 3.8) is 0 Å². The normalized spacial score (nSPS) is 13.5. The van der Waals surface area contributed by atoms with Crippen molar-refractivity contribution in [3.05, 3.63) is 24.3 Å². The Morgan fingerprint density at radius 2 is 1.79 bits per heavy atom. The van der Waals surface area contributed by atoms with Gasteiger partial charge in [-0.1, -0.05) is 32.9 Å². The third kappa shape index (κ3) is 4.86. The van der Waals surface area contributed by atoms with Crippen LogP contribution < -0.4 is 5.32 Å². The molecule has 0 aromatic heterocycles. The summed E-state index contributed by atoms with van der Waals surface area (Å²) in [4.78, 5) is 0.424. The van der Waals surface area contributed by atoms with Gasteiger partial charge in [0.25, 0.3) is 0 Å². The zero-order valence-electron chi connectivity index (χ0n) is 12.3. The number of rotatable bonds is 7. The molecule has 3 nitrogen and oxygen atoms in total. The summed E-state index contributed by atoms with van der Waals surface area (Å²) in [5.41, 5.74) is 0.726.